The molecule has 4 nitrogen and oxygen atoms in total. The fourth-order valence-electron chi connectivity index (χ4n) is 1.89. The molecule has 0 atom stereocenters. The molecule has 0 fully saturated rings. The van der Waals surface area contributed by atoms with Gasteiger partial charge in [-0.15, -0.1) is 11.3 Å². The van der Waals surface area contributed by atoms with Crippen molar-refractivity contribution < 1.29 is 12.8 Å². The van der Waals surface area contributed by atoms with Gasteiger partial charge in [-0.05, 0) is 53.2 Å². The smallest absolute Gasteiger partial charge is 0.266 e. The Balaban J connectivity index is 2.49. The van der Waals surface area contributed by atoms with Crippen molar-refractivity contribution in [2.24, 2.45) is 5.73 Å². The molecule has 0 saturated carbocycles. The molecule has 0 amide bonds. The lowest BCUT2D eigenvalue weighted by Gasteiger charge is -2.22. The van der Waals surface area contributed by atoms with E-state index in [0.29, 0.717) is 9.47 Å². The molecule has 0 radical (unpaired) electrons. The molecule has 2 N–H and O–H groups in total. The van der Waals surface area contributed by atoms with Gasteiger partial charge in [0.1, 0.15) is 10.7 Å². The van der Waals surface area contributed by atoms with E-state index in [1.54, 1.807) is 13.0 Å². The van der Waals surface area contributed by atoms with Gasteiger partial charge < -0.3 is 5.73 Å². The van der Waals surface area contributed by atoms with Crippen LogP contribution in [0.5, 0.6) is 0 Å². The topological polar surface area (TPSA) is 63.4 Å². The number of nitrogens with zero attached hydrogens (tertiary/aromatic N) is 1. The van der Waals surface area contributed by atoms with E-state index in [9.17, 15) is 12.8 Å². The number of sulfonamides is 1. The van der Waals surface area contributed by atoms with Crippen LogP contribution in [0.1, 0.15) is 11.8 Å². The van der Waals surface area contributed by atoms with E-state index < -0.39 is 15.8 Å². The molecule has 21 heavy (non-hydrogen) atoms. The average molecular weight is 393 g/mol. The highest BCUT2D eigenvalue weighted by atomic mass is 79.9. The lowest BCUT2D eigenvalue weighted by Crippen LogP contribution is -2.30. The van der Waals surface area contributed by atoms with Crippen molar-refractivity contribution in [3.63, 3.8) is 0 Å². The summed E-state index contributed by atoms with van der Waals surface area (Å²) < 4.78 is 40.3. The number of rotatable bonds is 5. The molecule has 1 heterocycles. The molecular weight excluding hydrogens is 379 g/mol. The minimum atomic E-state index is -3.72. The molecule has 2 aromatic rings. The second kappa shape index (κ2) is 6.43. The number of hydrogen-bond acceptors (Lipinski definition) is 4. The number of nitrogens with two attached hydrogens (primary N) is 1. The Labute approximate surface area is 135 Å². The van der Waals surface area contributed by atoms with Crippen molar-refractivity contribution in [3.8, 4) is 0 Å². The maximum absolute atomic E-state index is 13.0. The zero-order chi connectivity index (χ0) is 15.6. The largest absolute Gasteiger partial charge is 0.326 e. The molecule has 0 spiro atoms. The molecule has 0 aliphatic rings. The van der Waals surface area contributed by atoms with Gasteiger partial charge in [0.25, 0.3) is 10.0 Å². The fraction of sp³-hybridized carbons (Fsp3) is 0.231. The van der Waals surface area contributed by atoms with Crippen molar-refractivity contribution in [2.75, 3.05) is 10.8 Å². The molecule has 2 rings (SSSR count). The Hall–Kier alpha value is -0.960. The zero-order valence-electron chi connectivity index (χ0n) is 11.2. The van der Waals surface area contributed by atoms with Gasteiger partial charge in [-0.3, -0.25) is 4.31 Å². The molecule has 0 saturated heterocycles. The predicted molar refractivity (Wildman–Crippen MR) is 86.5 cm³/mol. The number of thiophene rings is 1. The predicted octanol–water partition coefficient (Wildman–Crippen LogP) is 3.32. The third-order valence-corrected chi connectivity index (χ3v) is 7.05. The van der Waals surface area contributed by atoms with Gasteiger partial charge in [-0.1, -0.05) is 0 Å². The quantitative estimate of drug-likeness (QED) is 0.848. The highest BCUT2D eigenvalue weighted by Crippen LogP contribution is 2.34. The molecule has 0 aliphatic carbocycles. The first-order chi connectivity index (χ1) is 9.90. The molecular formula is C13H14BrFN2O2S2. The van der Waals surface area contributed by atoms with E-state index in [2.05, 4.69) is 15.9 Å². The Morgan fingerprint density at radius 1 is 1.33 bits per heavy atom. The van der Waals surface area contributed by atoms with Crippen molar-refractivity contribution >= 4 is 43.0 Å². The first-order valence-electron chi connectivity index (χ1n) is 6.16. The summed E-state index contributed by atoms with van der Waals surface area (Å²) in [6.07, 6.45) is 0. The van der Waals surface area contributed by atoms with Gasteiger partial charge in [-0.2, -0.15) is 0 Å². The van der Waals surface area contributed by atoms with Crippen molar-refractivity contribution in [1.29, 1.82) is 0 Å². The molecule has 0 aliphatic heterocycles. The Kier molecular flexibility index (Phi) is 5.03. The van der Waals surface area contributed by atoms with Crippen LogP contribution >= 0.6 is 27.3 Å². The summed E-state index contributed by atoms with van der Waals surface area (Å²) in [4.78, 5) is 0.953. The minimum absolute atomic E-state index is 0.180. The van der Waals surface area contributed by atoms with Crippen LogP contribution in [-0.2, 0) is 16.6 Å². The van der Waals surface area contributed by atoms with Crippen molar-refractivity contribution in [2.45, 2.75) is 18.4 Å². The summed E-state index contributed by atoms with van der Waals surface area (Å²) in [7, 11) is -3.72. The van der Waals surface area contributed by atoms with E-state index >= 15 is 0 Å². The van der Waals surface area contributed by atoms with E-state index in [0.717, 1.165) is 4.88 Å². The number of benzene rings is 1. The SMILES string of the molecule is CCN(c1ccc(F)cc1)S(=O)(=O)c1cc(CN)sc1Br. The van der Waals surface area contributed by atoms with Crippen LogP contribution < -0.4 is 10.0 Å². The van der Waals surface area contributed by atoms with Crippen molar-refractivity contribution in [3.05, 3.63) is 44.8 Å². The highest BCUT2D eigenvalue weighted by Gasteiger charge is 2.27. The molecule has 0 unspecified atom stereocenters. The lowest BCUT2D eigenvalue weighted by atomic mass is 10.3. The van der Waals surface area contributed by atoms with Gasteiger partial charge in [-0.25, -0.2) is 12.8 Å². The first kappa shape index (κ1) is 16.4. The van der Waals surface area contributed by atoms with Gasteiger partial charge in [0.15, 0.2) is 0 Å². The fourth-order valence-corrected chi connectivity index (χ4v) is 5.88. The lowest BCUT2D eigenvalue weighted by molar-refractivity contribution is 0.591. The van der Waals surface area contributed by atoms with Crippen LogP contribution in [0, 0.1) is 5.82 Å². The van der Waals surface area contributed by atoms with Gasteiger partial charge in [0.05, 0.1) is 9.47 Å². The zero-order valence-corrected chi connectivity index (χ0v) is 14.4. The molecule has 1 aromatic carbocycles. The van der Waals surface area contributed by atoms with Crippen molar-refractivity contribution in [1.82, 2.24) is 0 Å². The Bertz CT molecular complexity index is 729. The molecule has 0 bridgehead atoms. The average Bonchev–Trinajstić information content (AvgIpc) is 2.83. The summed E-state index contributed by atoms with van der Waals surface area (Å²) in [5.41, 5.74) is 5.97. The maximum Gasteiger partial charge on any atom is 0.266 e. The standard InChI is InChI=1S/C13H14BrFN2O2S2/c1-2-17(10-5-3-9(15)4-6-10)21(18,19)12-7-11(8-16)20-13(12)14/h3-7H,2,8,16H2,1H3. The summed E-state index contributed by atoms with van der Waals surface area (Å²) in [5, 5.41) is 0. The second-order valence-electron chi connectivity index (χ2n) is 4.20. The van der Waals surface area contributed by atoms with Crippen LogP contribution in [-0.4, -0.2) is 15.0 Å². The number of anilines is 1. The molecule has 1 aromatic heterocycles. The normalized spacial score (nSPS) is 11.6. The van der Waals surface area contributed by atoms with Crippen LogP contribution in [0.2, 0.25) is 0 Å². The van der Waals surface area contributed by atoms with Gasteiger partial charge in [0, 0.05) is 18.0 Å². The van der Waals surface area contributed by atoms with Crippen LogP contribution in [0.15, 0.2) is 39.0 Å². The van der Waals surface area contributed by atoms with E-state index in [1.807, 2.05) is 0 Å². The monoisotopic (exact) mass is 392 g/mol. The second-order valence-corrected chi connectivity index (χ2v) is 8.49. The third-order valence-electron chi connectivity index (χ3n) is 2.88. The first-order valence-corrected chi connectivity index (χ1v) is 9.21. The summed E-state index contributed by atoms with van der Waals surface area (Å²) in [6, 6.07) is 6.93. The minimum Gasteiger partial charge on any atom is -0.326 e. The molecule has 8 heteroatoms. The summed E-state index contributed by atoms with van der Waals surface area (Å²) in [5.74, 6) is -0.408. The Morgan fingerprint density at radius 2 is 1.95 bits per heavy atom. The molecule has 114 valence electrons. The van der Waals surface area contributed by atoms with E-state index in [4.69, 9.17) is 5.73 Å². The maximum atomic E-state index is 13.0. The summed E-state index contributed by atoms with van der Waals surface area (Å²) in [6.45, 7) is 2.25. The van der Waals surface area contributed by atoms with Crippen LogP contribution in [0.4, 0.5) is 10.1 Å². The van der Waals surface area contributed by atoms with Crippen LogP contribution in [0.25, 0.3) is 0 Å². The Morgan fingerprint density at radius 3 is 2.43 bits per heavy atom. The van der Waals surface area contributed by atoms with Crippen LogP contribution in [0.3, 0.4) is 0 Å². The summed E-state index contributed by atoms with van der Waals surface area (Å²) >= 11 is 4.57. The number of halogens is 2. The highest BCUT2D eigenvalue weighted by molar-refractivity contribution is 9.11. The third kappa shape index (κ3) is 3.28. The van der Waals surface area contributed by atoms with Gasteiger partial charge >= 0.3 is 0 Å². The van der Waals surface area contributed by atoms with Gasteiger partial charge in [0.2, 0.25) is 0 Å². The van der Waals surface area contributed by atoms with E-state index in [-0.39, 0.29) is 18.0 Å². The van der Waals surface area contributed by atoms with E-state index in [1.165, 1.54) is 39.9 Å². The number of hydrogen-bond donors (Lipinski definition) is 1.